The van der Waals surface area contributed by atoms with Gasteiger partial charge in [0.15, 0.2) is 0 Å². The Bertz CT molecular complexity index is 2200. The number of anilines is 1. The van der Waals surface area contributed by atoms with Crippen LogP contribution in [0.1, 0.15) is 54.6 Å². The molecule has 7 heterocycles. The van der Waals surface area contributed by atoms with E-state index in [2.05, 4.69) is 52.3 Å². The molecule has 1 atom stereocenters. The Morgan fingerprint density at radius 2 is 1.58 bits per heavy atom. The highest BCUT2D eigenvalue weighted by molar-refractivity contribution is 6.03. The van der Waals surface area contributed by atoms with Crippen LogP contribution in [0.25, 0.3) is 21.9 Å². The van der Waals surface area contributed by atoms with Crippen molar-refractivity contribution in [3.63, 3.8) is 0 Å². The Balaban J connectivity index is 0.780. The fraction of sp³-hybridized carbons (Fsp3) is 0.500. The molecule has 4 fully saturated rings. The summed E-state index contributed by atoms with van der Waals surface area (Å²) < 4.78 is 13.5. The standard InChI is InChI=1S/C44H55N9O6/c1-49-27-35(33-8-13-45-25-34(33)44(49)57)30-22-39(58-2)36(40(23-30)59-3)28-51-18-20-53(21-19-51)31-11-14-50(15-12-31)26-29-9-16-52(17-10-29)32-4-5-37(46-24-32)42(55)47-38-6-7-41(54)48-43(38)56/h4-5,8,13,22-25,27,29,31,38H,6-7,9-12,14-21,26,28H2,1-3H3,(H,47,55)(H,48,54,56). The minimum atomic E-state index is -0.720. The number of amides is 3. The summed E-state index contributed by atoms with van der Waals surface area (Å²) in [4.78, 5) is 67.7. The van der Waals surface area contributed by atoms with Crippen molar-refractivity contribution in [2.45, 2.75) is 57.2 Å². The van der Waals surface area contributed by atoms with Gasteiger partial charge in [-0.25, -0.2) is 4.98 Å². The van der Waals surface area contributed by atoms with E-state index in [9.17, 15) is 19.2 Å². The number of fused-ring (bicyclic) bond motifs is 1. The number of rotatable bonds is 11. The van der Waals surface area contributed by atoms with Crippen molar-refractivity contribution < 1.29 is 23.9 Å². The molecule has 3 amide bonds. The van der Waals surface area contributed by atoms with E-state index in [1.807, 2.05) is 18.3 Å². The second-order valence-corrected chi connectivity index (χ2v) is 16.4. The molecule has 2 N–H and O–H groups in total. The molecule has 0 saturated carbocycles. The number of carbonyl (C=O) groups excluding carboxylic acids is 3. The summed E-state index contributed by atoms with van der Waals surface area (Å²) in [7, 11) is 5.17. The molecular formula is C44H55N9O6. The molecule has 1 aromatic carbocycles. The first-order valence-corrected chi connectivity index (χ1v) is 20.9. The highest BCUT2D eigenvalue weighted by atomic mass is 16.5. The van der Waals surface area contributed by atoms with Gasteiger partial charge in [-0.15, -0.1) is 0 Å². The van der Waals surface area contributed by atoms with Gasteiger partial charge in [-0.3, -0.25) is 39.3 Å². The monoisotopic (exact) mass is 805 g/mol. The van der Waals surface area contributed by atoms with Crippen LogP contribution < -0.4 is 30.6 Å². The predicted octanol–water partition coefficient (Wildman–Crippen LogP) is 3.05. The van der Waals surface area contributed by atoms with Gasteiger partial charge in [0.05, 0.1) is 37.1 Å². The molecule has 3 aromatic heterocycles. The van der Waals surface area contributed by atoms with Crippen molar-refractivity contribution in [2.24, 2.45) is 13.0 Å². The van der Waals surface area contributed by atoms with Crippen LogP contribution in [0.2, 0.25) is 0 Å². The zero-order chi connectivity index (χ0) is 41.0. The Kier molecular flexibility index (Phi) is 12.2. The molecule has 0 radical (unpaired) electrons. The number of hydrogen-bond donors (Lipinski definition) is 2. The second kappa shape index (κ2) is 17.9. The number of hydrogen-bond acceptors (Lipinski definition) is 12. The van der Waals surface area contributed by atoms with Gasteiger partial charge in [0.25, 0.3) is 11.5 Å². The van der Waals surface area contributed by atoms with Crippen molar-refractivity contribution in [1.29, 1.82) is 0 Å². The molecule has 59 heavy (non-hydrogen) atoms. The highest BCUT2D eigenvalue weighted by Gasteiger charge is 2.31. The van der Waals surface area contributed by atoms with Crippen LogP contribution in [0.15, 0.2) is 59.9 Å². The Labute approximate surface area is 344 Å². The van der Waals surface area contributed by atoms with Crippen LogP contribution in [0.5, 0.6) is 11.5 Å². The zero-order valence-electron chi connectivity index (χ0n) is 34.3. The number of aromatic nitrogens is 3. The van der Waals surface area contributed by atoms with Gasteiger partial charge in [0.2, 0.25) is 11.8 Å². The number of aryl methyl sites for hydroxylation is 1. The minimum absolute atomic E-state index is 0.0774. The number of pyridine rings is 3. The van der Waals surface area contributed by atoms with Crippen LogP contribution in [-0.4, -0.2) is 132 Å². The molecule has 0 aliphatic carbocycles. The first kappa shape index (κ1) is 40.4. The van der Waals surface area contributed by atoms with Gasteiger partial charge in [-0.1, -0.05) is 0 Å². The molecule has 4 aromatic rings. The summed E-state index contributed by atoms with van der Waals surface area (Å²) in [5, 5.41) is 6.39. The Morgan fingerprint density at radius 3 is 2.24 bits per heavy atom. The van der Waals surface area contributed by atoms with E-state index in [1.54, 1.807) is 50.5 Å². The summed E-state index contributed by atoms with van der Waals surface area (Å²) in [6, 6.07) is 9.53. The number of nitrogens with one attached hydrogen (secondary N) is 2. The van der Waals surface area contributed by atoms with E-state index in [-0.39, 0.29) is 23.6 Å². The molecular weight excluding hydrogens is 751 g/mol. The third-order valence-electron chi connectivity index (χ3n) is 12.8. The van der Waals surface area contributed by atoms with E-state index in [0.29, 0.717) is 23.8 Å². The fourth-order valence-electron chi connectivity index (χ4n) is 9.32. The summed E-state index contributed by atoms with van der Waals surface area (Å²) in [6.45, 7) is 10.1. The lowest BCUT2D eigenvalue weighted by molar-refractivity contribution is -0.134. The molecule has 8 rings (SSSR count). The third-order valence-corrected chi connectivity index (χ3v) is 12.8. The van der Waals surface area contributed by atoms with Crippen LogP contribution in [0.3, 0.4) is 0 Å². The first-order chi connectivity index (χ1) is 28.7. The van der Waals surface area contributed by atoms with Gasteiger partial charge in [-0.05, 0) is 92.4 Å². The van der Waals surface area contributed by atoms with Crippen molar-refractivity contribution in [1.82, 2.24) is 39.9 Å². The lowest BCUT2D eigenvalue weighted by Crippen LogP contribution is -2.53. The number of methoxy groups -OCH3 is 2. The number of piperidine rings is 3. The summed E-state index contributed by atoms with van der Waals surface area (Å²) in [5.41, 5.74) is 4.07. The molecule has 0 spiro atoms. The average molecular weight is 806 g/mol. The lowest BCUT2D eigenvalue weighted by atomic mass is 9.94. The summed E-state index contributed by atoms with van der Waals surface area (Å²) in [6.07, 6.45) is 12.1. The smallest absolute Gasteiger partial charge is 0.270 e. The maximum atomic E-state index is 12.8. The van der Waals surface area contributed by atoms with Crippen molar-refractivity contribution in [2.75, 3.05) is 78.0 Å². The number of likely N-dealkylation sites (tertiary alicyclic amines) is 1. The molecule has 4 aliphatic heterocycles. The SMILES string of the molecule is COc1cc(-c2cn(C)c(=O)c3cnccc23)cc(OC)c1CN1CCN(C2CCN(CC3CCN(c4ccc(C(=O)NC5CCC(=O)NC5=O)nc4)CC3)CC2)CC1. The molecule has 15 nitrogen and oxygen atoms in total. The van der Waals surface area contributed by atoms with E-state index in [4.69, 9.17) is 9.47 Å². The summed E-state index contributed by atoms with van der Waals surface area (Å²) in [5.74, 6) is 1.02. The van der Waals surface area contributed by atoms with Crippen LogP contribution in [0.4, 0.5) is 5.69 Å². The number of carbonyl (C=O) groups is 3. The van der Waals surface area contributed by atoms with Gasteiger partial charge in [0.1, 0.15) is 23.2 Å². The predicted molar refractivity (Wildman–Crippen MR) is 225 cm³/mol. The van der Waals surface area contributed by atoms with E-state index in [1.165, 1.54) is 12.8 Å². The number of nitrogens with zero attached hydrogens (tertiary/aromatic N) is 7. The highest BCUT2D eigenvalue weighted by Crippen LogP contribution is 2.38. The molecule has 1 unspecified atom stereocenters. The number of benzene rings is 1. The van der Waals surface area contributed by atoms with Crippen molar-refractivity contribution in [3.05, 3.63) is 76.7 Å². The average Bonchev–Trinajstić information content (AvgIpc) is 3.27. The largest absolute Gasteiger partial charge is 0.496 e. The fourth-order valence-corrected chi connectivity index (χ4v) is 9.32. The van der Waals surface area contributed by atoms with Crippen LogP contribution >= 0.6 is 0 Å². The normalized spacial score (nSPS) is 20.5. The molecule has 15 heteroatoms. The summed E-state index contributed by atoms with van der Waals surface area (Å²) >= 11 is 0. The van der Waals surface area contributed by atoms with E-state index in [0.717, 1.165) is 118 Å². The van der Waals surface area contributed by atoms with Crippen molar-refractivity contribution >= 4 is 34.2 Å². The first-order valence-electron chi connectivity index (χ1n) is 20.9. The van der Waals surface area contributed by atoms with Gasteiger partial charge < -0.3 is 29.2 Å². The van der Waals surface area contributed by atoms with Crippen molar-refractivity contribution in [3.8, 4) is 22.6 Å². The van der Waals surface area contributed by atoms with Crippen LogP contribution in [-0.2, 0) is 23.2 Å². The quantitative estimate of drug-likeness (QED) is 0.214. The Morgan fingerprint density at radius 1 is 0.847 bits per heavy atom. The number of piperazine rings is 1. The molecule has 4 saturated heterocycles. The molecule has 312 valence electrons. The van der Waals surface area contributed by atoms with E-state index >= 15 is 0 Å². The second-order valence-electron chi connectivity index (χ2n) is 16.4. The van der Waals surface area contributed by atoms with Gasteiger partial charge >= 0.3 is 0 Å². The Hall–Kier alpha value is -5.38. The lowest BCUT2D eigenvalue weighted by Gasteiger charge is -2.44. The molecule has 0 bridgehead atoms. The van der Waals surface area contributed by atoms with Gasteiger partial charge in [-0.2, -0.15) is 0 Å². The minimum Gasteiger partial charge on any atom is -0.496 e. The zero-order valence-corrected chi connectivity index (χ0v) is 34.3. The molecule has 4 aliphatic rings. The number of imide groups is 1. The topological polar surface area (TPSA) is 154 Å². The third kappa shape index (κ3) is 8.97. The number of ether oxygens (including phenoxy) is 2. The van der Waals surface area contributed by atoms with Crippen LogP contribution in [0, 0.1) is 5.92 Å². The maximum absolute atomic E-state index is 12.8. The van der Waals surface area contributed by atoms with E-state index < -0.39 is 17.9 Å². The van der Waals surface area contributed by atoms with Gasteiger partial charge in [0, 0.05) is 96.0 Å². The maximum Gasteiger partial charge on any atom is 0.270 e.